The molecule has 96 valence electrons. The van der Waals surface area contributed by atoms with Crippen LogP contribution in [-0.2, 0) is 4.79 Å². The summed E-state index contributed by atoms with van der Waals surface area (Å²) in [6.45, 7) is 5.32. The van der Waals surface area contributed by atoms with Gasteiger partial charge in [0.25, 0.3) is 5.91 Å². The second kappa shape index (κ2) is 4.29. The second-order valence-corrected chi connectivity index (χ2v) is 4.43. The van der Waals surface area contributed by atoms with Crippen LogP contribution in [0.2, 0.25) is 0 Å². The van der Waals surface area contributed by atoms with Crippen molar-refractivity contribution in [3.05, 3.63) is 23.7 Å². The van der Waals surface area contributed by atoms with Gasteiger partial charge in [-0.3, -0.25) is 4.79 Å². The first-order valence-corrected chi connectivity index (χ1v) is 5.73. The maximum Gasteiger partial charge on any atom is 0.346 e. The van der Waals surface area contributed by atoms with Crippen molar-refractivity contribution in [3.63, 3.8) is 0 Å². The van der Waals surface area contributed by atoms with Crippen LogP contribution in [-0.4, -0.2) is 28.7 Å². The van der Waals surface area contributed by atoms with Crippen LogP contribution in [0.25, 0.3) is 0 Å². The molecule has 1 aromatic heterocycles. The lowest BCUT2D eigenvalue weighted by molar-refractivity contribution is -0.130. The molecular weight excluding hydrogens is 234 g/mol. The van der Waals surface area contributed by atoms with Gasteiger partial charge in [0.15, 0.2) is 0 Å². The van der Waals surface area contributed by atoms with E-state index in [0.29, 0.717) is 12.2 Å². The Morgan fingerprint density at radius 3 is 2.72 bits per heavy atom. The molecule has 0 aliphatic carbocycles. The molecule has 0 unspecified atom stereocenters. The number of hydrazone groups is 1. The molecule has 6 heteroatoms. The van der Waals surface area contributed by atoms with Gasteiger partial charge < -0.3 is 9.73 Å². The first-order chi connectivity index (χ1) is 8.46. The number of rotatable bonds is 3. The lowest BCUT2D eigenvalue weighted by atomic mass is 10.00. The molecule has 1 saturated heterocycles. The van der Waals surface area contributed by atoms with Gasteiger partial charge in [0, 0.05) is 0 Å². The number of hydrogen-bond acceptors (Lipinski definition) is 4. The van der Waals surface area contributed by atoms with E-state index in [-0.39, 0.29) is 5.91 Å². The molecule has 18 heavy (non-hydrogen) atoms. The number of aryl methyl sites for hydroxylation is 1. The summed E-state index contributed by atoms with van der Waals surface area (Å²) >= 11 is 0. The molecule has 6 nitrogen and oxygen atoms in total. The number of carbonyl (C=O) groups is 2. The number of hydrogen-bond donors (Lipinski definition) is 1. The molecule has 1 N–H and O–H groups in total. The Morgan fingerprint density at radius 2 is 2.22 bits per heavy atom. The summed E-state index contributed by atoms with van der Waals surface area (Å²) < 4.78 is 5.27. The quantitative estimate of drug-likeness (QED) is 0.653. The predicted molar refractivity (Wildman–Crippen MR) is 65.1 cm³/mol. The fourth-order valence-electron chi connectivity index (χ4n) is 1.65. The molecule has 0 saturated carbocycles. The molecule has 1 aliphatic heterocycles. The smallest absolute Gasteiger partial charge is 0.346 e. The topological polar surface area (TPSA) is 74.9 Å². The summed E-state index contributed by atoms with van der Waals surface area (Å²) in [4.78, 5) is 23.6. The molecule has 1 aromatic rings. The van der Waals surface area contributed by atoms with Crippen LogP contribution in [0.5, 0.6) is 0 Å². The number of imide groups is 1. The lowest BCUT2D eigenvalue weighted by Crippen LogP contribution is -2.42. The summed E-state index contributed by atoms with van der Waals surface area (Å²) in [7, 11) is 0. The molecular formula is C12H15N3O3. The third-order valence-corrected chi connectivity index (χ3v) is 3.01. The minimum absolute atomic E-state index is 0.352. The molecule has 0 bridgehead atoms. The molecule has 2 rings (SSSR count). The van der Waals surface area contributed by atoms with Crippen LogP contribution in [0, 0.1) is 6.92 Å². The Kier molecular flexibility index (Phi) is 2.94. The van der Waals surface area contributed by atoms with Gasteiger partial charge in [-0.05, 0) is 32.4 Å². The lowest BCUT2D eigenvalue weighted by Gasteiger charge is -2.17. The van der Waals surface area contributed by atoms with Crippen LogP contribution >= 0.6 is 0 Å². The Bertz CT molecular complexity index is 520. The summed E-state index contributed by atoms with van der Waals surface area (Å²) in [5.41, 5.74) is -0.868. The molecule has 0 spiro atoms. The highest BCUT2D eigenvalue weighted by Gasteiger charge is 2.46. The van der Waals surface area contributed by atoms with Crippen molar-refractivity contribution < 1.29 is 14.0 Å². The predicted octanol–water partition coefficient (Wildman–Crippen LogP) is 1.64. The van der Waals surface area contributed by atoms with Gasteiger partial charge in [-0.2, -0.15) is 5.10 Å². The van der Waals surface area contributed by atoms with Crippen LogP contribution in [0.4, 0.5) is 4.79 Å². The number of nitrogens with one attached hydrogen (secondary N) is 1. The first kappa shape index (κ1) is 12.3. The average Bonchev–Trinajstić information content (AvgIpc) is 2.82. The maximum atomic E-state index is 12.0. The highest BCUT2D eigenvalue weighted by molar-refractivity contribution is 6.07. The van der Waals surface area contributed by atoms with E-state index in [9.17, 15) is 9.59 Å². The molecule has 1 fully saturated rings. The van der Waals surface area contributed by atoms with Gasteiger partial charge in [0.1, 0.15) is 17.1 Å². The monoisotopic (exact) mass is 249 g/mol. The number of carbonyl (C=O) groups excluding carboxylic acids is 2. The molecule has 3 amide bonds. The Morgan fingerprint density at radius 1 is 1.50 bits per heavy atom. The highest BCUT2D eigenvalue weighted by atomic mass is 16.3. The van der Waals surface area contributed by atoms with Crippen LogP contribution in [0.3, 0.4) is 0 Å². The van der Waals surface area contributed by atoms with Gasteiger partial charge in [-0.25, -0.2) is 4.79 Å². The minimum atomic E-state index is -0.868. The summed E-state index contributed by atoms with van der Waals surface area (Å²) in [5, 5.41) is 7.31. The van der Waals surface area contributed by atoms with Crippen molar-refractivity contribution in [1.82, 2.24) is 10.3 Å². The Hall–Kier alpha value is -2.11. The van der Waals surface area contributed by atoms with E-state index in [0.717, 1.165) is 10.8 Å². The SMILES string of the molecule is CC[C@@]1(C)NC(=O)N(/N=C\c2ccc(C)o2)C1=O. The van der Waals surface area contributed by atoms with Gasteiger partial charge in [0.2, 0.25) is 0 Å². The molecule has 0 aromatic carbocycles. The van der Waals surface area contributed by atoms with Crippen molar-refractivity contribution in [2.24, 2.45) is 5.10 Å². The molecule has 0 radical (unpaired) electrons. The number of nitrogens with zero attached hydrogens (tertiary/aromatic N) is 2. The summed E-state index contributed by atoms with van der Waals surface area (Å²) in [6, 6.07) is 2.99. The zero-order valence-corrected chi connectivity index (χ0v) is 10.6. The third-order valence-electron chi connectivity index (χ3n) is 3.01. The zero-order chi connectivity index (χ0) is 13.3. The highest BCUT2D eigenvalue weighted by Crippen LogP contribution is 2.20. The number of furan rings is 1. The summed E-state index contributed by atoms with van der Waals surface area (Å²) in [5.74, 6) is 0.889. The van der Waals surface area contributed by atoms with Gasteiger partial charge in [-0.15, -0.1) is 5.01 Å². The van der Waals surface area contributed by atoms with E-state index in [4.69, 9.17) is 4.42 Å². The largest absolute Gasteiger partial charge is 0.460 e. The van der Waals surface area contributed by atoms with Gasteiger partial charge in [0.05, 0.1) is 6.21 Å². The number of urea groups is 1. The fourth-order valence-corrected chi connectivity index (χ4v) is 1.65. The standard InChI is InChI=1S/C12H15N3O3/c1-4-12(3)10(16)15(11(17)14-12)13-7-9-6-5-8(2)18-9/h5-7H,4H2,1-3H3,(H,14,17)/b13-7-/t12-/m1/s1. The van der Waals surface area contributed by atoms with Crippen molar-refractivity contribution in [3.8, 4) is 0 Å². The maximum absolute atomic E-state index is 12.0. The number of amides is 3. The minimum Gasteiger partial charge on any atom is -0.460 e. The van der Waals surface area contributed by atoms with E-state index < -0.39 is 11.6 Å². The van der Waals surface area contributed by atoms with E-state index in [1.54, 1.807) is 26.0 Å². The third kappa shape index (κ3) is 2.01. The average molecular weight is 249 g/mol. The molecule has 2 heterocycles. The van der Waals surface area contributed by atoms with Crippen LogP contribution < -0.4 is 5.32 Å². The van der Waals surface area contributed by atoms with E-state index >= 15 is 0 Å². The van der Waals surface area contributed by atoms with Crippen molar-refractivity contribution >= 4 is 18.2 Å². The van der Waals surface area contributed by atoms with Crippen LogP contribution in [0.15, 0.2) is 21.7 Å². The van der Waals surface area contributed by atoms with E-state index in [1.165, 1.54) is 6.21 Å². The van der Waals surface area contributed by atoms with Gasteiger partial charge >= 0.3 is 6.03 Å². The normalized spacial score (nSPS) is 24.1. The fraction of sp³-hybridized carbons (Fsp3) is 0.417. The van der Waals surface area contributed by atoms with Crippen molar-refractivity contribution in [2.75, 3.05) is 0 Å². The van der Waals surface area contributed by atoms with E-state index in [1.807, 2.05) is 6.92 Å². The molecule has 1 atom stereocenters. The zero-order valence-electron chi connectivity index (χ0n) is 10.6. The Balaban J connectivity index is 2.17. The Labute approximate surface area is 105 Å². The van der Waals surface area contributed by atoms with Crippen LogP contribution in [0.1, 0.15) is 31.8 Å². The summed E-state index contributed by atoms with van der Waals surface area (Å²) in [6.07, 6.45) is 1.87. The van der Waals surface area contributed by atoms with Crippen molar-refractivity contribution in [1.29, 1.82) is 0 Å². The molecule has 1 aliphatic rings. The van der Waals surface area contributed by atoms with Crippen molar-refractivity contribution in [2.45, 2.75) is 32.7 Å². The van der Waals surface area contributed by atoms with E-state index in [2.05, 4.69) is 10.4 Å². The first-order valence-electron chi connectivity index (χ1n) is 5.73. The second-order valence-electron chi connectivity index (χ2n) is 4.43. The van der Waals surface area contributed by atoms with Gasteiger partial charge in [-0.1, -0.05) is 6.92 Å².